The van der Waals surface area contributed by atoms with Gasteiger partial charge in [-0.05, 0) is 45.0 Å². The Morgan fingerprint density at radius 3 is 2.68 bits per heavy atom. The van der Waals surface area contributed by atoms with E-state index in [1.54, 1.807) is 11.0 Å². The summed E-state index contributed by atoms with van der Waals surface area (Å²) in [7, 11) is 3.96. The Hall–Kier alpha value is -1.62. The Labute approximate surface area is 113 Å². The van der Waals surface area contributed by atoms with Gasteiger partial charge in [0, 0.05) is 25.9 Å². The summed E-state index contributed by atoms with van der Waals surface area (Å²) in [6.45, 7) is 2.99. The Morgan fingerprint density at radius 1 is 1.42 bits per heavy atom. The fraction of sp³-hybridized carbons (Fsp3) is 0.571. The van der Waals surface area contributed by atoms with Gasteiger partial charge in [-0.3, -0.25) is 9.59 Å². The second-order valence-corrected chi connectivity index (χ2v) is 5.37. The number of carbonyl (C=O) groups is 1. The van der Waals surface area contributed by atoms with E-state index in [1.807, 2.05) is 7.05 Å². The number of hydrogen-bond donors (Lipinski definition) is 1. The number of likely N-dealkylation sites (tertiary alicyclic amines) is 1. The van der Waals surface area contributed by atoms with Crippen molar-refractivity contribution in [3.8, 4) is 0 Å². The first-order valence-corrected chi connectivity index (χ1v) is 6.69. The van der Waals surface area contributed by atoms with Crippen molar-refractivity contribution in [3.63, 3.8) is 0 Å². The first-order valence-electron chi connectivity index (χ1n) is 6.69. The first kappa shape index (κ1) is 13.8. The van der Waals surface area contributed by atoms with Gasteiger partial charge in [-0.1, -0.05) is 0 Å². The summed E-state index contributed by atoms with van der Waals surface area (Å²) >= 11 is 0. The molecule has 1 amide bonds. The Kier molecular flexibility index (Phi) is 4.37. The summed E-state index contributed by atoms with van der Waals surface area (Å²) in [4.78, 5) is 29.8. The SMILES string of the molecule is CN1CCC(CN(C)C(=O)c2ccc(=O)[nH]c2)CC1. The van der Waals surface area contributed by atoms with E-state index in [9.17, 15) is 9.59 Å². The summed E-state index contributed by atoms with van der Waals surface area (Å²) in [5, 5.41) is 0. The second-order valence-electron chi connectivity index (χ2n) is 5.37. The third-order valence-electron chi connectivity index (χ3n) is 3.75. The molecule has 0 atom stereocenters. The number of hydrogen-bond acceptors (Lipinski definition) is 3. The molecule has 1 aliphatic rings. The quantitative estimate of drug-likeness (QED) is 0.877. The number of nitrogens with one attached hydrogen (secondary N) is 1. The minimum Gasteiger partial charge on any atom is -0.341 e. The predicted octanol–water partition coefficient (Wildman–Crippen LogP) is 0.789. The van der Waals surface area contributed by atoms with Crippen LogP contribution in [0.2, 0.25) is 0 Å². The molecule has 2 rings (SSSR count). The topological polar surface area (TPSA) is 56.4 Å². The van der Waals surface area contributed by atoms with Crippen molar-refractivity contribution in [1.82, 2.24) is 14.8 Å². The van der Waals surface area contributed by atoms with E-state index in [0.717, 1.165) is 32.5 Å². The van der Waals surface area contributed by atoms with Gasteiger partial charge in [0.2, 0.25) is 5.56 Å². The van der Waals surface area contributed by atoms with Gasteiger partial charge in [-0.25, -0.2) is 0 Å². The highest BCUT2D eigenvalue weighted by atomic mass is 16.2. The number of rotatable bonds is 3. The summed E-state index contributed by atoms with van der Waals surface area (Å²) in [6.07, 6.45) is 3.76. The molecular weight excluding hydrogens is 242 g/mol. The van der Waals surface area contributed by atoms with E-state index < -0.39 is 0 Å². The largest absolute Gasteiger partial charge is 0.341 e. The standard InChI is InChI=1S/C14H21N3O2/c1-16-7-5-11(6-8-16)10-17(2)14(19)12-3-4-13(18)15-9-12/h3-4,9,11H,5-8,10H2,1-2H3,(H,15,18). The number of amides is 1. The van der Waals surface area contributed by atoms with E-state index in [4.69, 9.17) is 0 Å². The van der Waals surface area contributed by atoms with E-state index in [2.05, 4.69) is 16.9 Å². The molecule has 1 aromatic rings. The fourth-order valence-corrected chi connectivity index (χ4v) is 2.48. The van der Waals surface area contributed by atoms with Crippen LogP contribution in [0.25, 0.3) is 0 Å². The van der Waals surface area contributed by atoms with Gasteiger partial charge < -0.3 is 14.8 Å². The molecule has 0 aromatic carbocycles. The number of H-pyrrole nitrogens is 1. The van der Waals surface area contributed by atoms with Gasteiger partial charge in [-0.2, -0.15) is 0 Å². The van der Waals surface area contributed by atoms with Crippen molar-refractivity contribution in [3.05, 3.63) is 34.2 Å². The minimum absolute atomic E-state index is 0.0322. The molecule has 19 heavy (non-hydrogen) atoms. The van der Waals surface area contributed by atoms with Crippen LogP contribution in [0.5, 0.6) is 0 Å². The summed E-state index contributed by atoms with van der Waals surface area (Å²) in [5.41, 5.74) is 0.351. The predicted molar refractivity (Wildman–Crippen MR) is 74.2 cm³/mol. The lowest BCUT2D eigenvalue weighted by molar-refractivity contribution is 0.0747. The van der Waals surface area contributed by atoms with E-state index >= 15 is 0 Å². The summed E-state index contributed by atoms with van der Waals surface area (Å²) in [6, 6.07) is 2.96. The lowest BCUT2D eigenvalue weighted by atomic mass is 9.96. The molecule has 2 heterocycles. The number of aromatic amines is 1. The van der Waals surface area contributed by atoms with Crippen molar-refractivity contribution in [2.24, 2.45) is 5.92 Å². The Morgan fingerprint density at radius 2 is 2.11 bits per heavy atom. The normalized spacial score (nSPS) is 17.4. The third-order valence-corrected chi connectivity index (χ3v) is 3.75. The van der Waals surface area contributed by atoms with Crippen LogP contribution < -0.4 is 5.56 Å². The molecule has 1 N–H and O–H groups in total. The Balaban J connectivity index is 1.92. The molecule has 5 heteroatoms. The van der Waals surface area contributed by atoms with Crippen molar-refractivity contribution >= 4 is 5.91 Å². The number of carbonyl (C=O) groups excluding carboxylic acids is 1. The van der Waals surface area contributed by atoms with Crippen LogP contribution in [-0.4, -0.2) is 54.4 Å². The van der Waals surface area contributed by atoms with Crippen molar-refractivity contribution in [2.75, 3.05) is 33.7 Å². The highest BCUT2D eigenvalue weighted by Crippen LogP contribution is 2.17. The van der Waals surface area contributed by atoms with Crippen LogP contribution in [-0.2, 0) is 0 Å². The van der Waals surface area contributed by atoms with Gasteiger partial charge in [0.05, 0.1) is 5.56 Å². The van der Waals surface area contributed by atoms with Crippen LogP contribution in [0.15, 0.2) is 23.1 Å². The number of nitrogens with zero attached hydrogens (tertiary/aromatic N) is 2. The van der Waals surface area contributed by atoms with Crippen LogP contribution >= 0.6 is 0 Å². The lowest BCUT2D eigenvalue weighted by Gasteiger charge is -2.31. The van der Waals surface area contributed by atoms with Gasteiger partial charge in [0.1, 0.15) is 0 Å². The number of piperidine rings is 1. The highest BCUT2D eigenvalue weighted by Gasteiger charge is 2.20. The van der Waals surface area contributed by atoms with Gasteiger partial charge in [-0.15, -0.1) is 0 Å². The molecule has 1 fully saturated rings. The lowest BCUT2D eigenvalue weighted by Crippen LogP contribution is -2.38. The van der Waals surface area contributed by atoms with Crippen LogP contribution in [0.1, 0.15) is 23.2 Å². The van der Waals surface area contributed by atoms with Gasteiger partial charge >= 0.3 is 0 Å². The van der Waals surface area contributed by atoms with E-state index in [-0.39, 0.29) is 11.5 Å². The molecule has 1 saturated heterocycles. The number of pyridine rings is 1. The highest BCUT2D eigenvalue weighted by molar-refractivity contribution is 5.93. The second kappa shape index (κ2) is 6.02. The molecule has 0 saturated carbocycles. The van der Waals surface area contributed by atoms with Gasteiger partial charge in [0.15, 0.2) is 0 Å². The number of aromatic nitrogens is 1. The molecule has 1 aliphatic heterocycles. The summed E-state index contributed by atoms with van der Waals surface area (Å²) in [5.74, 6) is 0.545. The Bertz CT molecular complexity index is 469. The van der Waals surface area contributed by atoms with Crippen molar-refractivity contribution in [2.45, 2.75) is 12.8 Å². The van der Waals surface area contributed by atoms with Crippen molar-refractivity contribution in [1.29, 1.82) is 0 Å². The maximum atomic E-state index is 12.2. The van der Waals surface area contributed by atoms with E-state index in [0.29, 0.717) is 11.5 Å². The van der Waals surface area contributed by atoms with E-state index in [1.165, 1.54) is 12.3 Å². The average Bonchev–Trinajstić information content (AvgIpc) is 2.41. The molecule has 0 bridgehead atoms. The fourth-order valence-electron chi connectivity index (χ4n) is 2.48. The first-order chi connectivity index (χ1) is 9.06. The molecule has 0 unspecified atom stereocenters. The molecule has 104 valence electrons. The minimum atomic E-state index is -0.186. The zero-order valence-electron chi connectivity index (χ0n) is 11.6. The molecule has 0 spiro atoms. The molecule has 0 aliphatic carbocycles. The summed E-state index contributed by atoms with van der Waals surface area (Å²) < 4.78 is 0. The van der Waals surface area contributed by atoms with Crippen LogP contribution in [0, 0.1) is 5.92 Å². The molecular formula is C14H21N3O2. The average molecular weight is 263 g/mol. The maximum absolute atomic E-state index is 12.2. The van der Waals surface area contributed by atoms with Crippen LogP contribution in [0.4, 0.5) is 0 Å². The molecule has 5 nitrogen and oxygen atoms in total. The molecule has 0 radical (unpaired) electrons. The van der Waals surface area contributed by atoms with Crippen LogP contribution in [0.3, 0.4) is 0 Å². The smallest absolute Gasteiger partial charge is 0.255 e. The van der Waals surface area contributed by atoms with Gasteiger partial charge in [0.25, 0.3) is 5.91 Å². The van der Waals surface area contributed by atoms with Crippen molar-refractivity contribution < 1.29 is 4.79 Å². The zero-order chi connectivity index (χ0) is 13.8. The zero-order valence-corrected chi connectivity index (χ0v) is 11.6. The maximum Gasteiger partial charge on any atom is 0.255 e. The molecule has 1 aromatic heterocycles. The monoisotopic (exact) mass is 263 g/mol. The third kappa shape index (κ3) is 3.67.